The van der Waals surface area contributed by atoms with Crippen LogP contribution in [-0.4, -0.2) is 28.4 Å². The molecule has 0 fully saturated rings. The van der Waals surface area contributed by atoms with E-state index in [2.05, 4.69) is 5.43 Å². The first kappa shape index (κ1) is 24.4. The zero-order chi connectivity index (χ0) is 23.2. The number of carbonyl (C=O) groups excluding carboxylic acids is 1. The number of rotatable bonds is 9. The summed E-state index contributed by atoms with van der Waals surface area (Å²) < 4.78 is 18.6. The Morgan fingerprint density at radius 3 is 2.35 bits per heavy atom. The zero-order valence-electron chi connectivity index (χ0n) is 17.8. The SMILES string of the molecule is C/C=C(\SC(=C(C)CC)c1ccc(F)cc1)[N+](O)(O)Nc1ccc(C(N)=O)cc1OC. The number of hydrogen-bond donors (Lipinski definition) is 4. The number of halogens is 1. The lowest BCUT2D eigenvalue weighted by atomic mass is 10.1. The number of amides is 1. The number of hydrogen-bond acceptors (Lipinski definition) is 6. The number of nitrogens with one attached hydrogen (secondary N) is 1. The molecule has 5 N–H and O–H groups in total. The monoisotopic (exact) mass is 448 g/mol. The fraction of sp³-hybridized carbons (Fsp3) is 0.227. The van der Waals surface area contributed by atoms with Gasteiger partial charge in [0, 0.05) is 10.5 Å². The van der Waals surface area contributed by atoms with E-state index in [1.54, 1.807) is 25.1 Å². The van der Waals surface area contributed by atoms with Gasteiger partial charge < -0.3 is 10.5 Å². The van der Waals surface area contributed by atoms with E-state index in [1.165, 1.54) is 37.4 Å². The van der Waals surface area contributed by atoms with Crippen LogP contribution in [0.15, 0.2) is 59.1 Å². The van der Waals surface area contributed by atoms with Crippen LogP contribution in [0.25, 0.3) is 4.91 Å². The van der Waals surface area contributed by atoms with Crippen molar-refractivity contribution in [3.05, 3.63) is 76.1 Å². The first-order valence-electron chi connectivity index (χ1n) is 9.54. The Balaban J connectivity index is 2.37. The number of primary amides is 1. The second-order valence-corrected chi connectivity index (χ2v) is 7.72. The van der Waals surface area contributed by atoms with Gasteiger partial charge in [0.2, 0.25) is 5.91 Å². The number of carbonyl (C=O) groups is 1. The number of quaternary nitrogens is 1. The number of benzene rings is 2. The minimum atomic E-state index is -1.67. The van der Waals surface area contributed by atoms with Crippen molar-refractivity contribution in [2.24, 2.45) is 5.73 Å². The molecular weight excluding hydrogens is 421 g/mol. The molecule has 0 saturated carbocycles. The van der Waals surface area contributed by atoms with Crippen LogP contribution in [0.2, 0.25) is 0 Å². The van der Waals surface area contributed by atoms with E-state index < -0.39 is 10.8 Å². The lowest BCUT2D eigenvalue weighted by Gasteiger charge is -2.25. The summed E-state index contributed by atoms with van der Waals surface area (Å²) in [5.41, 5.74) is 10.1. The van der Waals surface area contributed by atoms with Gasteiger partial charge in [0.25, 0.3) is 5.03 Å². The normalized spacial score (nSPS) is 12.9. The number of nitrogens with zero attached hydrogens (tertiary/aromatic N) is 1. The standard InChI is InChI=1S/C22H26FN3O4S/c1-5-14(3)21(15-7-10-17(23)11-8-15)31-20(6-2)26(28,29)25-18-12-9-16(22(24)27)13-19(18)30-4/h6-13,28-29H,5H2,1-4H3,(H2-,24,25,27)/p+1/b20-6-,21-14?. The summed E-state index contributed by atoms with van der Waals surface area (Å²) >= 11 is 1.14. The van der Waals surface area contributed by atoms with Gasteiger partial charge in [-0.2, -0.15) is 5.43 Å². The summed E-state index contributed by atoms with van der Waals surface area (Å²) in [6.07, 6.45) is 2.28. The molecule has 31 heavy (non-hydrogen) atoms. The van der Waals surface area contributed by atoms with Crippen LogP contribution in [-0.2, 0) is 0 Å². The van der Waals surface area contributed by atoms with Crippen LogP contribution in [0.1, 0.15) is 43.1 Å². The largest absolute Gasteiger partial charge is 0.494 e. The van der Waals surface area contributed by atoms with Gasteiger partial charge >= 0.3 is 0 Å². The smallest absolute Gasteiger partial charge is 0.262 e. The topological polar surface area (TPSA) is 105 Å². The molecule has 0 aliphatic heterocycles. The second-order valence-electron chi connectivity index (χ2n) is 6.69. The van der Waals surface area contributed by atoms with Crippen LogP contribution >= 0.6 is 11.8 Å². The molecule has 0 heterocycles. The first-order valence-corrected chi connectivity index (χ1v) is 10.4. The van der Waals surface area contributed by atoms with E-state index >= 15 is 0 Å². The molecule has 166 valence electrons. The van der Waals surface area contributed by atoms with Gasteiger partial charge in [0.1, 0.15) is 17.3 Å². The van der Waals surface area contributed by atoms with Gasteiger partial charge in [-0.15, -0.1) is 10.4 Å². The van der Waals surface area contributed by atoms with Gasteiger partial charge in [-0.3, -0.25) is 4.79 Å². The maximum Gasteiger partial charge on any atom is 0.262 e. The molecule has 0 aliphatic rings. The molecule has 0 unspecified atom stereocenters. The Bertz CT molecular complexity index is 1000. The van der Waals surface area contributed by atoms with Crippen LogP contribution < -0.4 is 15.9 Å². The molecule has 1 amide bonds. The zero-order valence-corrected chi connectivity index (χ0v) is 18.7. The maximum absolute atomic E-state index is 13.4. The van der Waals surface area contributed by atoms with E-state index in [1.807, 2.05) is 13.8 Å². The van der Waals surface area contributed by atoms with Crippen molar-refractivity contribution < 1.29 is 29.3 Å². The molecule has 0 radical (unpaired) electrons. The highest BCUT2D eigenvalue weighted by Crippen LogP contribution is 2.40. The predicted molar refractivity (Wildman–Crippen MR) is 120 cm³/mol. The average Bonchev–Trinajstić information content (AvgIpc) is 2.74. The Labute approximate surface area is 185 Å². The molecule has 2 rings (SSSR count). The summed E-state index contributed by atoms with van der Waals surface area (Å²) in [6.45, 7) is 5.58. The number of hydroxylamine groups is 2. The van der Waals surface area contributed by atoms with E-state index in [9.17, 15) is 19.6 Å². The van der Waals surface area contributed by atoms with Gasteiger partial charge in [0.15, 0.2) is 0 Å². The van der Waals surface area contributed by atoms with Gasteiger partial charge in [-0.05, 0) is 74.0 Å². The van der Waals surface area contributed by atoms with Crippen molar-refractivity contribution in [1.29, 1.82) is 0 Å². The molecule has 2 aromatic rings. The van der Waals surface area contributed by atoms with E-state index in [0.717, 1.165) is 34.2 Å². The van der Waals surface area contributed by atoms with Gasteiger partial charge in [-0.1, -0.05) is 24.6 Å². The van der Waals surface area contributed by atoms with Crippen LogP contribution in [0, 0.1) is 5.82 Å². The number of thioether (sulfide) groups is 1. The Kier molecular flexibility index (Phi) is 8.23. The lowest BCUT2D eigenvalue weighted by Crippen LogP contribution is -2.44. The van der Waals surface area contributed by atoms with Crippen molar-refractivity contribution in [2.45, 2.75) is 27.2 Å². The third-order valence-electron chi connectivity index (χ3n) is 4.55. The second kappa shape index (κ2) is 10.5. The summed E-state index contributed by atoms with van der Waals surface area (Å²) in [6, 6.07) is 10.3. The van der Waals surface area contributed by atoms with Crippen LogP contribution in [0.3, 0.4) is 0 Å². The Hall–Kier alpha value is -2.85. The molecule has 0 spiro atoms. The predicted octanol–water partition coefficient (Wildman–Crippen LogP) is 5.29. The van der Waals surface area contributed by atoms with Crippen molar-refractivity contribution in [3.8, 4) is 5.75 Å². The molecule has 7 nitrogen and oxygen atoms in total. The minimum Gasteiger partial charge on any atom is -0.494 e. The van der Waals surface area contributed by atoms with Gasteiger partial charge in [-0.25, -0.2) is 4.39 Å². The highest BCUT2D eigenvalue weighted by Gasteiger charge is 2.34. The fourth-order valence-electron chi connectivity index (χ4n) is 2.72. The lowest BCUT2D eigenvalue weighted by molar-refractivity contribution is -1.20. The number of methoxy groups -OCH3 is 1. The van der Waals surface area contributed by atoms with Crippen molar-refractivity contribution in [2.75, 3.05) is 12.5 Å². The molecule has 0 aromatic heterocycles. The number of anilines is 1. The third kappa shape index (κ3) is 6.08. The fourth-order valence-corrected chi connectivity index (χ4v) is 3.79. The number of nitrogens with two attached hydrogens (primary N) is 1. The first-order chi connectivity index (χ1) is 14.6. The quantitative estimate of drug-likeness (QED) is 0.307. The summed E-state index contributed by atoms with van der Waals surface area (Å²) in [5, 5.41) is 21.7. The van der Waals surface area contributed by atoms with Crippen LogP contribution in [0.4, 0.5) is 10.1 Å². The third-order valence-corrected chi connectivity index (χ3v) is 6.04. The van der Waals surface area contributed by atoms with E-state index in [-0.39, 0.29) is 27.8 Å². The van der Waals surface area contributed by atoms with Crippen LogP contribution in [0.5, 0.6) is 5.75 Å². The highest BCUT2D eigenvalue weighted by molar-refractivity contribution is 8.11. The number of allylic oxidation sites excluding steroid dienone is 2. The van der Waals surface area contributed by atoms with Crippen molar-refractivity contribution in [3.63, 3.8) is 0 Å². The average molecular weight is 449 g/mol. The Morgan fingerprint density at radius 2 is 1.84 bits per heavy atom. The van der Waals surface area contributed by atoms with E-state index in [4.69, 9.17) is 10.5 Å². The minimum absolute atomic E-state index is 0.146. The molecule has 0 saturated heterocycles. The maximum atomic E-state index is 13.4. The van der Waals surface area contributed by atoms with E-state index in [0.29, 0.717) is 0 Å². The molecule has 0 atom stereocenters. The molecule has 0 bridgehead atoms. The number of ether oxygens (including phenoxy) is 1. The summed E-state index contributed by atoms with van der Waals surface area (Å²) in [7, 11) is 1.39. The van der Waals surface area contributed by atoms with Crippen molar-refractivity contribution >= 4 is 28.3 Å². The molecular formula is C22H27FN3O4S+. The van der Waals surface area contributed by atoms with Crippen molar-refractivity contribution in [1.82, 2.24) is 0 Å². The molecule has 2 aromatic carbocycles. The molecule has 9 heteroatoms. The summed E-state index contributed by atoms with van der Waals surface area (Å²) in [4.78, 5) is 10.5. The highest BCUT2D eigenvalue weighted by atomic mass is 32.2. The summed E-state index contributed by atoms with van der Waals surface area (Å²) in [5.74, 6) is -0.773. The Morgan fingerprint density at radius 1 is 1.23 bits per heavy atom. The van der Waals surface area contributed by atoms with Gasteiger partial charge in [0.05, 0.1) is 12.0 Å². The molecule has 0 aliphatic carbocycles.